The molecule has 1 N–H and O–H groups in total. The van der Waals surface area contributed by atoms with E-state index in [-0.39, 0.29) is 11.6 Å². The van der Waals surface area contributed by atoms with Crippen LogP contribution in [0.15, 0.2) is 54.7 Å². The van der Waals surface area contributed by atoms with Crippen LogP contribution in [0.2, 0.25) is 0 Å². The van der Waals surface area contributed by atoms with Gasteiger partial charge >= 0.3 is 0 Å². The molecule has 0 spiro atoms. The third kappa shape index (κ3) is 2.85. The molecule has 0 unspecified atom stereocenters. The highest BCUT2D eigenvalue weighted by molar-refractivity contribution is 5.84. The molecule has 0 amide bonds. The van der Waals surface area contributed by atoms with Gasteiger partial charge in [0, 0.05) is 18.1 Å². The Bertz CT molecular complexity index is 768. The molecule has 0 aliphatic rings. The van der Waals surface area contributed by atoms with Crippen LogP contribution in [0.1, 0.15) is 5.56 Å². The molecule has 3 aromatic rings. The first-order valence-corrected chi connectivity index (χ1v) is 6.72. The Morgan fingerprint density at radius 2 is 1.95 bits per heavy atom. The summed E-state index contributed by atoms with van der Waals surface area (Å²) in [4.78, 5) is 4.30. The molecule has 1 heterocycles. The molecule has 3 nitrogen and oxygen atoms in total. The minimum Gasteiger partial charge on any atom is -0.452 e. The van der Waals surface area contributed by atoms with Gasteiger partial charge < -0.3 is 10.1 Å². The van der Waals surface area contributed by atoms with E-state index in [1.165, 1.54) is 6.07 Å². The van der Waals surface area contributed by atoms with Crippen molar-refractivity contribution in [3.05, 3.63) is 66.1 Å². The zero-order chi connectivity index (χ0) is 14.7. The fourth-order valence-corrected chi connectivity index (χ4v) is 2.22. The SMILES string of the molecule is CNCc1ccc(Oc2cccc3cccnc23)c(F)c1. The predicted octanol–water partition coefficient (Wildman–Crippen LogP) is 3.89. The summed E-state index contributed by atoms with van der Waals surface area (Å²) in [5.41, 5.74) is 1.59. The average Bonchev–Trinajstić information content (AvgIpc) is 2.51. The van der Waals surface area contributed by atoms with Crippen molar-refractivity contribution in [1.82, 2.24) is 10.3 Å². The molecule has 0 fully saturated rings. The van der Waals surface area contributed by atoms with E-state index in [4.69, 9.17) is 4.74 Å². The van der Waals surface area contributed by atoms with Crippen LogP contribution in [-0.2, 0) is 6.54 Å². The highest BCUT2D eigenvalue weighted by atomic mass is 19.1. The molecule has 0 aliphatic heterocycles. The molecule has 0 bridgehead atoms. The summed E-state index contributed by atoms with van der Waals surface area (Å²) in [6.45, 7) is 0.618. The Morgan fingerprint density at radius 3 is 2.76 bits per heavy atom. The second kappa shape index (κ2) is 5.89. The van der Waals surface area contributed by atoms with Gasteiger partial charge in [-0.25, -0.2) is 4.39 Å². The number of aromatic nitrogens is 1. The normalized spacial score (nSPS) is 10.8. The number of ether oxygens (including phenoxy) is 1. The Kier molecular flexibility index (Phi) is 3.79. The number of pyridine rings is 1. The molecular formula is C17H15FN2O. The lowest BCUT2D eigenvalue weighted by Gasteiger charge is -2.10. The fraction of sp³-hybridized carbons (Fsp3) is 0.118. The highest BCUT2D eigenvalue weighted by Crippen LogP contribution is 2.30. The number of hydrogen-bond acceptors (Lipinski definition) is 3. The number of halogens is 1. The van der Waals surface area contributed by atoms with Crippen LogP contribution in [0.3, 0.4) is 0 Å². The van der Waals surface area contributed by atoms with Crippen molar-refractivity contribution in [2.75, 3.05) is 7.05 Å². The van der Waals surface area contributed by atoms with Gasteiger partial charge in [-0.2, -0.15) is 0 Å². The van der Waals surface area contributed by atoms with E-state index in [9.17, 15) is 4.39 Å². The number of hydrogen-bond donors (Lipinski definition) is 1. The number of nitrogens with one attached hydrogen (secondary N) is 1. The second-order valence-electron chi connectivity index (χ2n) is 4.73. The van der Waals surface area contributed by atoms with Gasteiger partial charge in [0.15, 0.2) is 17.3 Å². The van der Waals surface area contributed by atoms with E-state index in [0.29, 0.717) is 12.3 Å². The average molecular weight is 282 g/mol. The van der Waals surface area contributed by atoms with Crippen molar-refractivity contribution in [1.29, 1.82) is 0 Å². The number of para-hydroxylation sites is 1. The highest BCUT2D eigenvalue weighted by Gasteiger charge is 2.09. The van der Waals surface area contributed by atoms with E-state index in [1.54, 1.807) is 18.3 Å². The maximum absolute atomic E-state index is 14.1. The summed E-state index contributed by atoms with van der Waals surface area (Å²) in [7, 11) is 1.82. The molecule has 3 rings (SSSR count). The molecule has 0 saturated carbocycles. The maximum Gasteiger partial charge on any atom is 0.166 e. The molecule has 0 saturated heterocycles. The van der Waals surface area contributed by atoms with Gasteiger partial charge in [0.25, 0.3) is 0 Å². The van der Waals surface area contributed by atoms with Crippen LogP contribution in [-0.4, -0.2) is 12.0 Å². The van der Waals surface area contributed by atoms with Gasteiger partial charge in [-0.05, 0) is 36.9 Å². The van der Waals surface area contributed by atoms with Crippen molar-refractivity contribution in [3.63, 3.8) is 0 Å². The summed E-state index contributed by atoms with van der Waals surface area (Å²) < 4.78 is 19.8. The van der Waals surface area contributed by atoms with Crippen molar-refractivity contribution < 1.29 is 9.13 Å². The van der Waals surface area contributed by atoms with Gasteiger partial charge in [0.1, 0.15) is 5.52 Å². The largest absolute Gasteiger partial charge is 0.452 e. The van der Waals surface area contributed by atoms with Crippen LogP contribution >= 0.6 is 0 Å². The number of fused-ring (bicyclic) bond motifs is 1. The minimum absolute atomic E-state index is 0.202. The Hall–Kier alpha value is -2.46. The molecular weight excluding hydrogens is 267 g/mol. The standard InChI is InChI=1S/C17H15FN2O/c1-19-11-12-7-8-15(14(18)10-12)21-16-6-2-4-13-5-3-9-20-17(13)16/h2-10,19H,11H2,1H3. The van der Waals surface area contributed by atoms with Gasteiger partial charge in [-0.15, -0.1) is 0 Å². The first kappa shape index (κ1) is 13.5. The van der Waals surface area contributed by atoms with Crippen molar-refractivity contribution in [3.8, 4) is 11.5 Å². The van der Waals surface area contributed by atoms with Crippen LogP contribution < -0.4 is 10.1 Å². The monoisotopic (exact) mass is 282 g/mol. The molecule has 0 atom stereocenters. The van der Waals surface area contributed by atoms with Crippen molar-refractivity contribution in [2.45, 2.75) is 6.54 Å². The molecule has 4 heteroatoms. The van der Waals surface area contributed by atoms with Crippen molar-refractivity contribution in [2.24, 2.45) is 0 Å². The van der Waals surface area contributed by atoms with Crippen LogP contribution in [0, 0.1) is 5.82 Å². The number of rotatable bonds is 4. The fourth-order valence-electron chi connectivity index (χ4n) is 2.22. The summed E-state index contributed by atoms with van der Waals surface area (Å²) in [6.07, 6.45) is 1.70. The van der Waals surface area contributed by atoms with Gasteiger partial charge in [0.2, 0.25) is 0 Å². The third-order valence-corrected chi connectivity index (χ3v) is 3.19. The van der Waals surface area contributed by atoms with Crippen molar-refractivity contribution >= 4 is 10.9 Å². The summed E-state index contributed by atoms with van der Waals surface area (Å²) in [5.74, 6) is 0.372. The van der Waals surface area contributed by atoms with Crippen LogP contribution in [0.5, 0.6) is 11.5 Å². The smallest absolute Gasteiger partial charge is 0.166 e. The minimum atomic E-state index is -0.379. The Morgan fingerprint density at radius 1 is 1.10 bits per heavy atom. The zero-order valence-corrected chi connectivity index (χ0v) is 11.6. The zero-order valence-electron chi connectivity index (χ0n) is 11.6. The molecule has 0 aliphatic carbocycles. The first-order chi connectivity index (χ1) is 10.3. The summed E-state index contributed by atoms with van der Waals surface area (Å²) in [6, 6.07) is 14.4. The van der Waals surface area contributed by atoms with Gasteiger partial charge in [-0.3, -0.25) is 4.98 Å². The lowest BCUT2D eigenvalue weighted by molar-refractivity contribution is 0.445. The predicted molar refractivity (Wildman–Crippen MR) is 81.0 cm³/mol. The third-order valence-electron chi connectivity index (χ3n) is 3.19. The van der Waals surface area contributed by atoms with E-state index in [1.807, 2.05) is 37.4 Å². The summed E-state index contributed by atoms with van der Waals surface area (Å²) >= 11 is 0. The molecule has 2 aromatic carbocycles. The van der Waals surface area contributed by atoms with Crippen LogP contribution in [0.4, 0.5) is 4.39 Å². The first-order valence-electron chi connectivity index (χ1n) is 6.72. The van der Waals surface area contributed by atoms with E-state index >= 15 is 0 Å². The topological polar surface area (TPSA) is 34.1 Å². The molecule has 106 valence electrons. The number of benzene rings is 2. The lowest BCUT2D eigenvalue weighted by Crippen LogP contribution is -2.05. The molecule has 21 heavy (non-hydrogen) atoms. The molecule has 1 aromatic heterocycles. The van der Waals surface area contributed by atoms with E-state index in [0.717, 1.165) is 16.5 Å². The van der Waals surface area contributed by atoms with Gasteiger partial charge in [0.05, 0.1) is 0 Å². The second-order valence-corrected chi connectivity index (χ2v) is 4.73. The lowest BCUT2D eigenvalue weighted by atomic mass is 10.2. The van der Waals surface area contributed by atoms with Crippen LogP contribution in [0.25, 0.3) is 10.9 Å². The maximum atomic E-state index is 14.1. The van der Waals surface area contributed by atoms with E-state index in [2.05, 4.69) is 10.3 Å². The van der Waals surface area contributed by atoms with Gasteiger partial charge in [-0.1, -0.05) is 24.3 Å². The molecule has 0 radical (unpaired) electrons. The number of nitrogens with zero attached hydrogens (tertiary/aromatic N) is 1. The Labute approximate surface area is 122 Å². The summed E-state index contributed by atoms with van der Waals surface area (Å²) in [5, 5.41) is 3.95. The van der Waals surface area contributed by atoms with E-state index < -0.39 is 0 Å². The Balaban J connectivity index is 1.95. The quantitative estimate of drug-likeness (QED) is 0.788.